The summed E-state index contributed by atoms with van der Waals surface area (Å²) in [6.07, 6.45) is 0.707. The van der Waals surface area contributed by atoms with Gasteiger partial charge in [-0.3, -0.25) is 9.69 Å². The lowest BCUT2D eigenvalue weighted by atomic mass is 9.94. The van der Waals surface area contributed by atoms with Gasteiger partial charge in [-0.1, -0.05) is 46.7 Å². The van der Waals surface area contributed by atoms with Crippen molar-refractivity contribution in [2.24, 2.45) is 4.99 Å². The molecule has 27 heavy (non-hydrogen) atoms. The minimum Gasteiger partial charge on any atom is -0.460 e. The van der Waals surface area contributed by atoms with Gasteiger partial charge in [0.15, 0.2) is 5.17 Å². The van der Waals surface area contributed by atoms with Crippen LogP contribution in [0.4, 0.5) is 0 Å². The molecule has 1 aromatic carbocycles. The second kappa shape index (κ2) is 8.58. The van der Waals surface area contributed by atoms with E-state index in [2.05, 4.69) is 20.9 Å². The van der Waals surface area contributed by atoms with Gasteiger partial charge in [0.05, 0.1) is 29.2 Å². The molecule has 2 aliphatic rings. The fraction of sp³-hybridized carbons (Fsp3) is 0.421. The molecule has 3 rings (SSSR count). The Labute approximate surface area is 171 Å². The second-order valence-electron chi connectivity index (χ2n) is 6.20. The monoisotopic (exact) mass is 452 g/mol. The lowest BCUT2D eigenvalue weighted by Crippen LogP contribution is -2.40. The molecule has 1 amide bonds. The van der Waals surface area contributed by atoms with E-state index in [1.165, 1.54) is 11.8 Å². The van der Waals surface area contributed by atoms with Gasteiger partial charge in [0.1, 0.15) is 6.61 Å². The van der Waals surface area contributed by atoms with E-state index in [0.29, 0.717) is 29.5 Å². The third-order valence-corrected chi connectivity index (χ3v) is 6.30. The third kappa shape index (κ3) is 3.97. The molecule has 2 atom stereocenters. The molecule has 0 unspecified atom stereocenters. The number of allylic oxidation sites excluding steroid dienone is 1. The molecule has 2 heterocycles. The van der Waals surface area contributed by atoms with Crippen molar-refractivity contribution in [1.29, 1.82) is 0 Å². The van der Waals surface area contributed by atoms with Crippen molar-refractivity contribution < 1.29 is 19.1 Å². The first-order valence-corrected chi connectivity index (χ1v) is 10.4. The summed E-state index contributed by atoms with van der Waals surface area (Å²) in [5, 5.41) is 0.462. The SMILES string of the molecule is CC[C@H]1SC2=NC(C)=C(C(=O)OCCOC)[C@H](c3ccc(Br)cc3)N2C1=O. The normalized spacial score (nSPS) is 22.0. The molecule has 1 saturated heterocycles. The van der Waals surface area contributed by atoms with Crippen LogP contribution in [0.3, 0.4) is 0 Å². The number of rotatable bonds is 6. The van der Waals surface area contributed by atoms with E-state index in [1.54, 1.807) is 18.9 Å². The fourth-order valence-electron chi connectivity index (χ4n) is 3.11. The average Bonchev–Trinajstić information content (AvgIpc) is 2.96. The van der Waals surface area contributed by atoms with Crippen LogP contribution in [0.25, 0.3) is 0 Å². The van der Waals surface area contributed by atoms with Gasteiger partial charge in [-0.05, 0) is 31.0 Å². The number of benzene rings is 1. The number of methoxy groups -OCH3 is 1. The Balaban J connectivity index is 2.03. The van der Waals surface area contributed by atoms with Gasteiger partial charge in [-0.15, -0.1) is 0 Å². The van der Waals surface area contributed by atoms with Gasteiger partial charge in [0, 0.05) is 11.6 Å². The standard InChI is InChI=1S/C19H21BrN2O4S/c1-4-14-17(23)22-16(12-5-7-13(20)8-6-12)15(11(2)21-19(22)27-14)18(24)26-10-9-25-3/h5-8,14,16H,4,9-10H2,1-3H3/t14-,16+/m1/s1. The summed E-state index contributed by atoms with van der Waals surface area (Å²) in [5.74, 6) is -0.498. The first kappa shape index (κ1) is 20.1. The van der Waals surface area contributed by atoms with Gasteiger partial charge in [0.25, 0.3) is 0 Å². The fourth-order valence-corrected chi connectivity index (χ4v) is 4.50. The van der Waals surface area contributed by atoms with E-state index >= 15 is 0 Å². The smallest absolute Gasteiger partial charge is 0.338 e. The summed E-state index contributed by atoms with van der Waals surface area (Å²) in [4.78, 5) is 32.0. The second-order valence-corrected chi connectivity index (χ2v) is 8.28. The van der Waals surface area contributed by atoms with Crippen LogP contribution >= 0.6 is 27.7 Å². The van der Waals surface area contributed by atoms with Crippen LogP contribution < -0.4 is 0 Å². The van der Waals surface area contributed by atoms with E-state index in [9.17, 15) is 9.59 Å². The molecule has 6 nitrogen and oxygen atoms in total. The van der Waals surface area contributed by atoms with Gasteiger partial charge in [-0.2, -0.15) is 0 Å². The number of ether oxygens (including phenoxy) is 2. The molecule has 0 bridgehead atoms. The topological polar surface area (TPSA) is 68.2 Å². The summed E-state index contributed by atoms with van der Waals surface area (Å²) in [5.41, 5.74) is 1.81. The predicted molar refractivity (Wildman–Crippen MR) is 108 cm³/mol. The maximum Gasteiger partial charge on any atom is 0.338 e. The van der Waals surface area contributed by atoms with Crippen LogP contribution in [-0.4, -0.2) is 47.5 Å². The number of halogens is 1. The number of fused-ring (bicyclic) bond motifs is 1. The van der Waals surface area contributed by atoms with E-state index in [-0.39, 0.29) is 17.8 Å². The van der Waals surface area contributed by atoms with Crippen LogP contribution in [-0.2, 0) is 19.1 Å². The number of carbonyl (C=O) groups excluding carboxylic acids is 2. The van der Waals surface area contributed by atoms with E-state index in [4.69, 9.17) is 9.47 Å². The molecule has 0 spiro atoms. The van der Waals surface area contributed by atoms with Crippen molar-refractivity contribution in [3.63, 3.8) is 0 Å². The van der Waals surface area contributed by atoms with Crippen molar-refractivity contribution in [3.8, 4) is 0 Å². The molecule has 144 valence electrons. The zero-order valence-electron chi connectivity index (χ0n) is 15.4. The number of thioether (sulfide) groups is 1. The van der Waals surface area contributed by atoms with Gasteiger partial charge in [0.2, 0.25) is 5.91 Å². The highest BCUT2D eigenvalue weighted by atomic mass is 79.9. The lowest BCUT2D eigenvalue weighted by Gasteiger charge is -2.33. The lowest BCUT2D eigenvalue weighted by molar-refractivity contribution is -0.141. The molecule has 2 aliphatic heterocycles. The summed E-state index contributed by atoms with van der Waals surface area (Å²) in [6.45, 7) is 4.22. The summed E-state index contributed by atoms with van der Waals surface area (Å²) < 4.78 is 11.2. The Morgan fingerprint density at radius 1 is 1.30 bits per heavy atom. The van der Waals surface area contributed by atoms with Crippen molar-refractivity contribution in [3.05, 3.63) is 45.6 Å². The Hall–Kier alpha value is -1.64. The maximum atomic E-state index is 13.0. The zero-order chi connectivity index (χ0) is 19.6. The van der Waals surface area contributed by atoms with E-state index < -0.39 is 12.0 Å². The number of hydrogen-bond donors (Lipinski definition) is 0. The van der Waals surface area contributed by atoms with E-state index in [1.807, 2.05) is 31.2 Å². The highest BCUT2D eigenvalue weighted by Gasteiger charge is 2.47. The first-order chi connectivity index (χ1) is 13.0. The van der Waals surface area contributed by atoms with Crippen LogP contribution in [0.15, 0.2) is 45.0 Å². The number of aliphatic imine (C=N–C) groups is 1. The Bertz CT molecular complexity index is 806. The Morgan fingerprint density at radius 2 is 2.00 bits per heavy atom. The highest BCUT2D eigenvalue weighted by Crippen LogP contribution is 2.44. The third-order valence-electron chi connectivity index (χ3n) is 4.45. The van der Waals surface area contributed by atoms with Gasteiger partial charge in [-0.25, -0.2) is 9.79 Å². The first-order valence-electron chi connectivity index (χ1n) is 8.68. The summed E-state index contributed by atoms with van der Waals surface area (Å²) in [6, 6.07) is 7.07. The summed E-state index contributed by atoms with van der Waals surface area (Å²) in [7, 11) is 1.55. The van der Waals surface area contributed by atoms with Crippen molar-refractivity contribution >= 4 is 44.7 Å². The van der Waals surface area contributed by atoms with Gasteiger partial charge >= 0.3 is 5.97 Å². The number of amidine groups is 1. The molecule has 1 aromatic rings. The average molecular weight is 453 g/mol. The van der Waals surface area contributed by atoms with Crippen LogP contribution in [0, 0.1) is 0 Å². The quantitative estimate of drug-likeness (QED) is 0.486. The summed E-state index contributed by atoms with van der Waals surface area (Å²) >= 11 is 4.88. The zero-order valence-corrected chi connectivity index (χ0v) is 17.8. The maximum absolute atomic E-state index is 13.0. The minimum absolute atomic E-state index is 0.0242. The largest absolute Gasteiger partial charge is 0.460 e. The molecule has 0 aliphatic carbocycles. The van der Waals surface area contributed by atoms with Gasteiger partial charge < -0.3 is 9.47 Å². The number of esters is 1. The van der Waals surface area contributed by atoms with E-state index in [0.717, 1.165) is 10.0 Å². The minimum atomic E-state index is -0.544. The van der Waals surface area contributed by atoms with Crippen LogP contribution in [0.2, 0.25) is 0 Å². The molecular weight excluding hydrogens is 432 g/mol. The molecule has 8 heteroatoms. The highest BCUT2D eigenvalue weighted by molar-refractivity contribution is 9.10. The van der Waals surface area contributed by atoms with Crippen molar-refractivity contribution in [1.82, 2.24) is 4.90 Å². The number of nitrogens with zero attached hydrogens (tertiary/aromatic N) is 2. The molecule has 1 fully saturated rings. The number of carbonyl (C=O) groups is 2. The molecular formula is C19H21BrN2O4S. The molecule has 0 radical (unpaired) electrons. The predicted octanol–water partition coefficient (Wildman–Crippen LogP) is 3.68. The Kier molecular flexibility index (Phi) is 6.39. The molecule has 0 aromatic heterocycles. The number of hydrogen-bond acceptors (Lipinski definition) is 6. The van der Waals surface area contributed by atoms with Crippen molar-refractivity contribution in [2.75, 3.05) is 20.3 Å². The van der Waals surface area contributed by atoms with Crippen LogP contribution in [0.5, 0.6) is 0 Å². The molecule has 0 saturated carbocycles. The number of amides is 1. The Morgan fingerprint density at radius 3 is 2.63 bits per heavy atom. The van der Waals surface area contributed by atoms with Crippen molar-refractivity contribution in [2.45, 2.75) is 31.6 Å². The molecule has 0 N–H and O–H groups in total. The van der Waals surface area contributed by atoms with Crippen LogP contribution in [0.1, 0.15) is 31.9 Å².